The standard InChI is InChI=1S/C16H17BrN2O3/c1-10-3-4-12(9-11(10)2)15(20)18-7-8-19-16(21)13-5-6-14(17)22-13/h3-6,9H,7-8H2,1-2H3,(H,18,20)(H,19,21). The van der Waals surface area contributed by atoms with E-state index in [-0.39, 0.29) is 17.6 Å². The van der Waals surface area contributed by atoms with Crippen molar-refractivity contribution in [3.05, 3.63) is 57.5 Å². The molecule has 0 unspecified atom stereocenters. The zero-order valence-corrected chi connectivity index (χ0v) is 14.0. The molecule has 0 aliphatic rings. The number of amides is 2. The SMILES string of the molecule is Cc1ccc(C(=O)NCCNC(=O)c2ccc(Br)o2)cc1C. The number of furan rings is 1. The van der Waals surface area contributed by atoms with Gasteiger partial charge in [0.25, 0.3) is 11.8 Å². The summed E-state index contributed by atoms with van der Waals surface area (Å²) in [5.41, 5.74) is 2.84. The summed E-state index contributed by atoms with van der Waals surface area (Å²) in [6, 6.07) is 8.78. The summed E-state index contributed by atoms with van der Waals surface area (Å²) in [6.45, 7) is 4.64. The quantitative estimate of drug-likeness (QED) is 0.801. The zero-order valence-electron chi connectivity index (χ0n) is 12.4. The van der Waals surface area contributed by atoms with Gasteiger partial charge in [0.15, 0.2) is 10.4 Å². The highest BCUT2D eigenvalue weighted by Gasteiger charge is 2.10. The highest BCUT2D eigenvalue weighted by molar-refractivity contribution is 9.10. The van der Waals surface area contributed by atoms with Gasteiger partial charge in [-0.05, 0) is 65.2 Å². The Labute approximate surface area is 137 Å². The monoisotopic (exact) mass is 364 g/mol. The molecule has 0 aliphatic carbocycles. The van der Waals surface area contributed by atoms with Crippen molar-refractivity contribution in [1.29, 1.82) is 0 Å². The van der Waals surface area contributed by atoms with Crippen molar-refractivity contribution in [3.8, 4) is 0 Å². The first kappa shape index (κ1) is 16.3. The minimum atomic E-state index is -0.314. The van der Waals surface area contributed by atoms with Crippen molar-refractivity contribution in [2.75, 3.05) is 13.1 Å². The van der Waals surface area contributed by atoms with E-state index in [1.54, 1.807) is 18.2 Å². The molecule has 5 nitrogen and oxygen atoms in total. The zero-order chi connectivity index (χ0) is 16.1. The summed E-state index contributed by atoms with van der Waals surface area (Å²) >= 11 is 3.13. The Morgan fingerprint density at radius 3 is 2.27 bits per heavy atom. The second-order valence-corrected chi connectivity index (χ2v) is 5.70. The van der Waals surface area contributed by atoms with E-state index in [4.69, 9.17) is 4.42 Å². The van der Waals surface area contributed by atoms with Crippen molar-refractivity contribution in [2.24, 2.45) is 0 Å². The maximum Gasteiger partial charge on any atom is 0.287 e. The smallest absolute Gasteiger partial charge is 0.287 e. The van der Waals surface area contributed by atoms with E-state index in [1.165, 1.54) is 0 Å². The molecule has 22 heavy (non-hydrogen) atoms. The van der Waals surface area contributed by atoms with Crippen LogP contribution in [0.4, 0.5) is 0 Å². The third-order valence-corrected chi connectivity index (χ3v) is 3.69. The van der Waals surface area contributed by atoms with Gasteiger partial charge in [-0.15, -0.1) is 0 Å². The number of rotatable bonds is 5. The third-order valence-electron chi connectivity index (χ3n) is 3.26. The van der Waals surface area contributed by atoms with E-state index in [9.17, 15) is 9.59 Å². The molecule has 2 aromatic rings. The van der Waals surface area contributed by atoms with Crippen LogP contribution in [0.3, 0.4) is 0 Å². The lowest BCUT2D eigenvalue weighted by Gasteiger charge is -2.08. The van der Waals surface area contributed by atoms with Crippen LogP contribution in [0.5, 0.6) is 0 Å². The number of carbonyl (C=O) groups is 2. The number of aryl methyl sites for hydroxylation is 2. The maximum atomic E-state index is 12.0. The minimum absolute atomic E-state index is 0.155. The average Bonchev–Trinajstić information content (AvgIpc) is 2.92. The van der Waals surface area contributed by atoms with Crippen LogP contribution in [0, 0.1) is 13.8 Å². The van der Waals surface area contributed by atoms with Gasteiger partial charge >= 0.3 is 0 Å². The molecule has 0 radical (unpaired) electrons. The fraction of sp³-hybridized carbons (Fsp3) is 0.250. The Morgan fingerprint density at radius 1 is 1.00 bits per heavy atom. The van der Waals surface area contributed by atoms with Gasteiger partial charge in [0.2, 0.25) is 0 Å². The molecule has 0 bridgehead atoms. The molecule has 2 rings (SSSR count). The van der Waals surface area contributed by atoms with Crippen LogP contribution < -0.4 is 10.6 Å². The van der Waals surface area contributed by atoms with E-state index in [0.29, 0.717) is 23.3 Å². The summed E-state index contributed by atoms with van der Waals surface area (Å²) in [5.74, 6) is -0.239. The van der Waals surface area contributed by atoms with Crippen LogP contribution in [-0.2, 0) is 0 Å². The number of carbonyl (C=O) groups excluding carboxylic acids is 2. The van der Waals surface area contributed by atoms with Crippen molar-refractivity contribution < 1.29 is 14.0 Å². The van der Waals surface area contributed by atoms with Crippen molar-refractivity contribution >= 4 is 27.7 Å². The van der Waals surface area contributed by atoms with Crippen LogP contribution in [0.1, 0.15) is 32.0 Å². The molecule has 6 heteroatoms. The van der Waals surface area contributed by atoms with E-state index >= 15 is 0 Å². The lowest BCUT2D eigenvalue weighted by atomic mass is 10.1. The maximum absolute atomic E-state index is 12.0. The summed E-state index contributed by atoms with van der Waals surface area (Å²) in [5, 5.41) is 5.44. The normalized spacial score (nSPS) is 10.3. The van der Waals surface area contributed by atoms with Gasteiger partial charge in [0.05, 0.1) is 0 Å². The molecule has 2 amide bonds. The first-order valence-electron chi connectivity index (χ1n) is 6.86. The van der Waals surface area contributed by atoms with Crippen molar-refractivity contribution in [2.45, 2.75) is 13.8 Å². The first-order chi connectivity index (χ1) is 10.5. The molecule has 1 aromatic carbocycles. The Morgan fingerprint density at radius 2 is 1.68 bits per heavy atom. The van der Waals surface area contributed by atoms with Crippen LogP contribution in [-0.4, -0.2) is 24.9 Å². The molecule has 2 N–H and O–H groups in total. The molecule has 0 atom stereocenters. The molecular formula is C16H17BrN2O3. The van der Waals surface area contributed by atoms with Gasteiger partial charge < -0.3 is 15.1 Å². The van der Waals surface area contributed by atoms with Crippen LogP contribution in [0.25, 0.3) is 0 Å². The molecule has 1 aromatic heterocycles. The van der Waals surface area contributed by atoms with Gasteiger partial charge in [-0.2, -0.15) is 0 Å². The molecule has 0 spiro atoms. The predicted molar refractivity (Wildman–Crippen MR) is 87.0 cm³/mol. The summed E-state index contributed by atoms with van der Waals surface area (Å²) in [6.07, 6.45) is 0. The third kappa shape index (κ3) is 4.21. The first-order valence-corrected chi connectivity index (χ1v) is 7.65. The van der Waals surface area contributed by atoms with E-state index in [2.05, 4.69) is 26.6 Å². The van der Waals surface area contributed by atoms with Crippen molar-refractivity contribution in [3.63, 3.8) is 0 Å². The Hall–Kier alpha value is -2.08. The topological polar surface area (TPSA) is 71.3 Å². The number of hydrogen-bond donors (Lipinski definition) is 2. The van der Waals surface area contributed by atoms with Gasteiger partial charge in [-0.3, -0.25) is 9.59 Å². The van der Waals surface area contributed by atoms with E-state index in [0.717, 1.165) is 11.1 Å². The lowest BCUT2D eigenvalue weighted by molar-refractivity contribution is 0.0909. The Bertz CT molecular complexity index is 694. The molecule has 0 saturated heterocycles. The molecule has 0 aliphatic heterocycles. The lowest BCUT2D eigenvalue weighted by Crippen LogP contribution is -2.34. The average molecular weight is 365 g/mol. The molecular weight excluding hydrogens is 348 g/mol. The van der Waals surface area contributed by atoms with E-state index < -0.39 is 0 Å². The van der Waals surface area contributed by atoms with Gasteiger partial charge in [-0.25, -0.2) is 0 Å². The molecule has 116 valence electrons. The fourth-order valence-corrected chi connectivity index (χ4v) is 2.17. The Balaban J connectivity index is 1.77. The minimum Gasteiger partial charge on any atom is -0.444 e. The number of benzene rings is 1. The number of halogens is 1. The molecule has 0 saturated carbocycles. The van der Waals surface area contributed by atoms with Gasteiger partial charge in [0.1, 0.15) is 0 Å². The second kappa shape index (κ2) is 7.26. The summed E-state index contributed by atoms with van der Waals surface area (Å²) in [4.78, 5) is 23.7. The fourth-order valence-electron chi connectivity index (χ4n) is 1.86. The summed E-state index contributed by atoms with van der Waals surface area (Å²) in [7, 11) is 0. The Kier molecular flexibility index (Phi) is 5.38. The van der Waals surface area contributed by atoms with Crippen LogP contribution >= 0.6 is 15.9 Å². The van der Waals surface area contributed by atoms with Gasteiger partial charge in [-0.1, -0.05) is 6.07 Å². The number of hydrogen-bond acceptors (Lipinski definition) is 3. The van der Waals surface area contributed by atoms with Crippen LogP contribution in [0.15, 0.2) is 39.4 Å². The van der Waals surface area contributed by atoms with Crippen molar-refractivity contribution in [1.82, 2.24) is 10.6 Å². The predicted octanol–water partition coefficient (Wildman–Crippen LogP) is 2.82. The highest BCUT2D eigenvalue weighted by atomic mass is 79.9. The number of nitrogens with one attached hydrogen (secondary N) is 2. The van der Waals surface area contributed by atoms with E-state index in [1.807, 2.05) is 26.0 Å². The van der Waals surface area contributed by atoms with Crippen LogP contribution in [0.2, 0.25) is 0 Å². The summed E-state index contributed by atoms with van der Waals surface area (Å²) < 4.78 is 5.64. The highest BCUT2D eigenvalue weighted by Crippen LogP contribution is 2.13. The second-order valence-electron chi connectivity index (χ2n) is 4.91. The van der Waals surface area contributed by atoms with Gasteiger partial charge in [0, 0.05) is 18.7 Å². The largest absolute Gasteiger partial charge is 0.444 e. The molecule has 1 heterocycles. The molecule has 0 fully saturated rings.